The molecular weight excluding hydrogens is 360 g/mol. The fraction of sp³-hybridized carbons (Fsp3) is 0.143. The van der Waals surface area contributed by atoms with Crippen LogP contribution in [0.3, 0.4) is 0 Å². The molecule has 0 aliphatic carbocycles. The molecule has 0 saturated carbocycles. The van der Waals surface area contributed by atoms with E-state index in [0.29, 0.717) is 18.0 Å². The number of hydrogen-bond acceptors (Lipinski definition) is 4. The summed E-state index contributed by atoms with van der Waals surface area (Å²) in [6.45, 7) is 0.634. The minimum absolute atomic E-state index is 0.0461. The zero-order chi connectivity index (χ0) is 15.4. The smallest absolute Gasteiger partial charge is 0.288 e. The van der Waals surface area contributed by atoms with Gasteiger partial charge in [0.15, 0.2) is 0 Å². The predicted molar refractivity (Wildman–Crippen MR) is 85.1 cm³/mol. The van der Waals surface area contributed by atoms with Crippen molar-refractivity contribution in [1.29, 1.82) is 0 Å². The number of halogens is 2. The molecule has 0 aromatic heterocycles. The third kappa shape index (κ3) is 3.93. The lowest BCUT2D eigenvalue weighted by molar-refractivity contribution is -0.384. The average molecular weight is 372 g/mol. The van der Waals surface area contributed by atoms with Gasteiger partial charge in [-0.2, -0.15) is 0 Å². The van der Waals surface area contributed by atoms with E-state index in [2.05, 4.69) is 21.2 Å². The molecule has 0 bridgehead atoms. The van der Waals surface area contributed by atoms with Gasteiger partial charge in [-0.15, -0.1) is 0 Å². The van der Waals surface area contributed by atoms with Gasteiger partial charge in [0.25, 0.3) is 5.69 Å². The van der Waals surface area contributed by atoms with E-state index in [1.807, 2.05) is 25.2 Å². The van der Waals surface area contributed by atoms with Crippen LogP contribution in [0.2, 0.25) is 5.02 Å². The number of ether oxygens (including phenoxy) is 1. The monoisotopic (exact) mass is 370 g/mol. The first-order chi connectivity index (χ1) is 10.0. The molecule has 1 N–H and O–H groups in total. The maximum atomic E-state index is 10.7. The molecule has 0 atom stereocenters. The van der Waals surface area contributed by atoms with Gasteiger partial charge in [0.1, 0.15) is 16.5 Å². The first kappa shape index (κ1) is 15.8. The fourth-order valence-corrected chi connectivity index (χ4v) is 2.45. The van der Waals surface area contributed by atoms with E-state index in [1.165, 1.54) is 18.2 Å². The predicted octanol–water partition coefficient (Wildman–Crippen LogP) is 4.52. The summed E-state index contributed by atoms with van der Waals surface area (Å²) in [4.78, 5) is 10.2. The Labute approximate surface area is 135 Å². The lowest BCUT2D eigenvalue weighted by Crippen LogP contribution is -2.06. The van der Waals surface area contributed by atoms with E-state index >= 15 is 0 Å². The third-order valence-electron chi connectivity index (χ3n) is 2.73. The molecule has 110 valence electrons. The molecule has 2 rings (SSSR count). The highest BCUT2D eigenvalue weighted by molar-refractivity contribution is 9.10. The molecule has 0 unspecified atom stereocenters. The van der Waals surface area contributed by atoms with Crippen LogP contribution in [0.25, 0.3) is 0 Å². The molecule has 0 heterocycles. The Hall–Kier alpha value is -1.63. The number of nitro benzene ring substituents is 1. The van der Waals surface area contributed by atoms with Gasteiger partial charge >= 0.3 is 0 Å². The largest absolute Gasteiger partial charge is 0.457 e. The van der Waals surface area contributed by atoms with Crippen molar-refractivity contribution in [3.05, 3.63) is 61.6 Å². The molecule has 0 aliphatic heterocycles. The van der Waals surface area contributed by atoms with Gasteiger partial charge < -0.3 is 10.1 Å². The van der Waals surface area contributed by atoms with Gasteiger partial charge in [0.2, 0.25) is 0 Å². The van der Waals surface area contributed by atoms with Crippen molar-refractivity contribution < 1.29 is 9.66 Å². The highest BCUT2D eigenvalue weighted by Crippen LogP contribution is 2.33. The van der Waals surface area contributed by atoms with E-state index in [9.17, 15) is 10.1 Å². The molecule has 7 heteroatoms. The highest BCUT2D eigenvalue weighted by atomic mass is 79.9. The number of nitrogens with one attached hydrogen (secondary N) is 1. The Kier molecular flexibility index (Phi) is 5.17. The summed E-state index contributed by atoms with van der Waals surface area (Å²) < 4.78 is 6.71. The van der Waals surface area contributed by atoms with E-state index in [0.717, 1.165) is 10.0 Å². The number of nitrogens with zero attached hydrogens (tertiary/aromatic N) is 1. The molecule has 0 aliphatic rings. The van der Waals surface area contributed by atoms with E-state index < -0.39 is 4.92 Å². The standard InChI is InChI=1S/C14H12BrClN2O3/c1-17-8-9-6-10(15)2-5-14(9)21-11-3-4-13(18(19)20)12(16)7-11/h2-7,17H,8H2,1H3. The molecule has 2 aromatic rings. The maximum Gasteiger partial charge on any atom is 0.288 e. The van der Waals surface area contributed by atoms with Crippen LogP contribution in [-0.2, 0) is 6.54 Å². The van der Waals surface area contributed by atoms with Crippen LogP contribution in [0.15, 0.2) is 40.9 Å². The summed E-state index contributed by atoms with van der Waals surface area (Å²) in [6, 6.07) is 9.92. The van der Waals surface area contributed by atoms with Gasteiger partial charge in [-0.05, 0) is 31.3 Å². The van der Waals surface area contributed by atoms with Crippen molar-refractivity contribution in [3.63, 3.8) is 0 Å². The molecule has 5 nitrogen and oxygen atoms in total. The topological polar surface area (TPSA) is 64.4 Å². The molecular formula is C14H12BrClN2O3. The average Bonchev–Trinajstić information content (AvgIpc) is 2.42. The van der Waals surface area contributed by atoms with E-state index in [1.54, 1.807) is 0 Å². The SMILES string of the molecule is CNCc1cc(Br)ccc1Oc1ccc([N+](=O)[O-])c(Cl)c1. The second-order valence-corrected chi connectivity index (χ2v) is 5.58. The minimum atomic E-state index is -0.530. The van der Waals surface area contributed by atoms with Crippen molar-refractivity contribution >= 4 is 33.2 Å². The van der Waals surface area contributed by atoms with Gasteiger partial charge in [-0.3, -0.25) is 10.1 Å². The molecule has 0 amide bonds. The van der Waals surface area contributed by atoms with Gasteiger partial charge in [-0.1, -0.05) is 27.5 Å². The van der Waals surface area contributed by atoms with Crippen molar-refractivity contribution in [2.45, 2.75) is 6.54 Å². The summed E-state index contributed by atoms with van der Waals surface area (Å²) >= 11 is 9.28. The van der Waals surface area contributed by atoms with Crippen LogP contribution in [0, 0.1) is 10.1 Å². The van der Waals surface area contributed by atoms with Crippen LogP contribution >= 0.6 is 27.5 Å². The third-order valence-corrected chi connectivity index (χ3v) is 3.53. The first-order valence-electron chi connectivity index (χ1n) is 6.06. The first-order valence-corrected chi connectivity index (χ1v) is 7.23. The number of rotatable bonds is 5. The van der Waals surface area contributed by atoms with Crippen molar-refractivity contribution in [2.75, 3.05) is 7.05 Å². The van der Waals surface area contributed by atoms with E-state index in [-0.39, 0.29) is 10.7 Å². The van der Waals surface area contributed by atoms with Crippen LogP contribution < -0.4 is 10.1 Å². The second-order valence-electron chi connectivity index (χ2n) is 4.25. The summed E-state index contributed by atoms with van der Waals surface area (Å²) in [5, 5.41) is 13.8. The second kappa shape index (κ2) is 6.89. The van der Waals surface area contributed by atoms with Gasteiger partial charge in [0.05, 0.1) is 4.92 Å². The fourth-order valence-electron chi connectivity index (χ4n) is 1.80. The van der Waals surface area contributed by atoms with Crippen molar-refractivity contribution in [1.82, 2.24) is 5.32 Å². The van der Waals surface area contributed by atoms with Crippen LogP contribution in [0.1, 0.15) is 5.56 Å². The Balaban J connectivity index is 2.30. The molecule has 21 heavy (non-hydrogen) atoms. The lowest BCUT2D eigenvalue weighted by Gasteiger charge is -2.11. The quantitative estimate of drug-likeness (QED) is 0.620. The highest BCUT2D eigenvalue weighted by Gasteiger charge is 2.13. The molecule has 0 fully saturated rings. The van der Waals surface area contributed by atoms with Crippen molar-refractivity contribution in [2.24, 2.45) is 0 Å². The summed E-state index contributed by atoms with van der Waals surface area (Å²) in [7, 11) is 1.84. The summed E-state index contributed by atoms with van der Waals surface area (Å²) in [5.74, 6) is 1.11. The Morgan fingerprint density at radius 2 is 2.10 bits per heavy atom. The van der Waals surface area contributed by atoms with Gasteiger partial charge in [-0.25, -0.2) is 0 Å². The summed E-state index contributed by atoms with van der Waals surface area (Å²) in [5.41, 5.74) is 0.816. The zero-order valence-corrected chi connectivity index (χ0v) is 13.4. The summed E-state index contributed by atoms with van der Waals surface area (Å²) in [6.07, 6.45) is 0. The normalized spacial score (nSPS) is 10.4. The molecule has 2 aromatic carbocycles. The van der Waals surface area contributed by atoms with Crippen LogP contribution in [-0.4, -0.2) is 12.0 Å². The molecule has 0 spiro atoms. The minimum Gasteiger partial charge on any atom is -0.457 e. The van der Waals surface area contributed by atoms with Crippen LogP contribution in [0.5, 0.6) is 11.5 Å². The Bertz CT molecular complexity index is 679. The number of hydrogen-bond donors (Lipinski definition) is 1. The number of benzene rings is 2. The molecule has 0 radical (unpaired) electrons. The lowest BCUT2D eigenvalue weighted by atomic mass is 10.2. The van der Waals surface area contributed by atoms with E-state index in [4.69, 9.17) is 16.3 Å². The molecule has 0 saturated heterocycles. The van der Waals surface area contributed by atoms with Gasteiger partial charge in [0, 0.05) is 28.7 Å². The Morgan fingerprint density at radius 3 is 2.71 bits per heavy atom. The number of nitro groups is 1. The van der Waals surface area contributed by atoms with Crippen molar-refractivity contribution in [3.8, 4) is 11.5 Å². The zero-order valence-electron chi connectivity index (χ0n) is 11.1. The maximum absolute atomic E-state index is 10.7. The Morgan fingerprint density at radius 1 is 1.33 bits per heavy atom. The van der Waals surface area contributed by atoms with Crippen LogP contribution in [0.4, 0.5) is 5.69 Å².